The summed E-state index contributed by atoms with van der Waals surface area (Å²) in [6.07, 6.45) is 7.05. The molecule has 2 fully saturated rings. The molecule has 29 heavy (non-hydrogen) atoms. The maximum atomic E-state index is 13.2. The fourth-order valence-electron chi connectivity index (χ4n) is 4.74. The molecule has 1 unspecified atom stereocenters. The predicted molar refractivity (Wildman–Crippen MR) is 118 cm³/mol. The first kappa shape index (κ1) is 19.6. The van der Waals surface area contributed by atoms with Crippen LogP contribution in [0.4, 0.5) is 16.2 Å². The Balaban J connectivity index is 1.50. The molecule has 1 N–H and O–H groups in total. The van der Waals surface area contributed by atoms with Gasteiger partial charge in [0, 0.05) is 19.6 Å². The lowest BCUT2D eigenvalue weighted by atomic mass is 10.0. The molecule has 0 spiro atoms. The summed E-state index contributed by atoms with van der Waals surface area (Å²) in [4.78, 5) is 17.5. The van der Waals surface area contributed by atoms with Crippen LogP contribution in [0.1, 0.15) is 50.1 Å². The van der Waals surface area contributed by atoms with Crippen molar-refractivity contribution < 1.29 is 9.53 Å². The van der Waals surface area contributed by atoms with Gasteiger partial charge in [-0.25, -0.2) is 4.79 Å². The molecule has 2 aromatic carbocycles. The highest BCUT2D eigenvalue weighted by Crippen LogP contribution is 2.35. The topological polar surface area (TPSA) is 44.8 Å². The Morgan fingerprint density at radius 1 is 1.03 bits per heavy atom. The molecule has 0 bridgehead atoms. The molecule has 0 aromatic heterocycles. The van der Waals surface area contributed by atoms with Gasteiger partial charge in [-0.3, -0.25) is 0 Å². The Hall–Kier alpha value is -2.69. The Kier molecular flexibility index (Phi) is 5.93. The molecular formula is C24H31N3O2. The third-order valence-electron chi connectivity index (χ3n) is 6.41. The Bertz CT molecular complexity index is 830. The van der Waals surface area contributed by atoms with Crippen molar-refractivity contribution in [2.75, 3.05) is 30.9 Å². The van der Waals surface area contributed by atoms with Gasteiger partial charge >= 0.3 is 6.03 Å². The number of carbonyl (C=O) groups is 1. The summed E-state index contributed by atoms with van der Waals surface area (Å²) < 4.78 is 5.27. The van der Waals surface area contributed by atoms with Crippen molar-refractivity contribution in [2.24, 2.45) is 0 Å². The van der Waals surface area contributed by atoms with Gasteiger partial charge in [0.2, 0.25) is 0 Å². The number of methoxy groups -OCH3 is 1. The lowest BCUT2D eigenvalue weighted by molar-refractivity contribution is 0.207. The van der Waals surface area contributed by atoms with Crippen LogP contribution in [-0.4, -0.2) is 37.7 Å². The molecule has 2 aromatic rings. The molecule has 1 saturated carbocycles. The number of hydrogen-bond acceptors (Lipinski definition) is 3. The molecule has 1 saturated heterocycles. The summed E-state index contributed by atoms with van der Waals surface area (Å²) in [6, 6.07) is 16.9. The first-order chi connectivity index (χ1) is 14.2. The third kappa shape index (κ3) is 4.19. The van der Waals surface area contributed by atoms with E-state index in [-0.39, 0.29) is 12.1 Å². The Morgan fingerprint density at radius 2 is 1.76 bits per heavy atom. The van der Waals surface area contributed by atoms with Crippen LogP contribution in [0.3, 0.4) is 0 Å². The predicted octanol–water partition coefficient (Wildman–Crippen LogP) is 5.44. The molecule has 1 aliphatic heterocycles. The van der Waals surface area contributed by atoms with Gasteiger partial charge in [-0.05, 0) is 55.5 Å². The molecule has 4 rings (SSSR count). The summed E-state index contributed by atoms with van der Waals surface area (Å²) in [5.74, 6) is 0.839. The Labute approximate surface area is 173 Å². The van der Waals surface area contributed by atoms with E-state index in [1.54, 1.807) is 7.11 Å². The van der Waals surface area contributed by atoms with Gasteiger partial charge in [-0.15, -0.1) is 0 Å². The summed E-state index contributed by atoms with van der Waals surface area (Å²) in [5, 5.41) is 3.20. The molecule has 1 atom stereocenters. The molecular weight excluding hydrogens is 362 g/mol. The Morgan fingerprint density at radius 3 is 2.48 bits per heavy atom. The van der Waals surface area contributed by atoms with Crippen LogP contribution in [0, 0.1) is 0 Å². The summed E-state index contributed by atoms with van der Waals surface area (Å²) in [6.45, 7) is 0.781. The van der Waals surface area contributed by atoms with E-state index in [1.165, 1.54) is 25.7 Å². The van der Waals surface area contributed by atoms with E-state index in [1.807, 2.05) is 35.2 Å². The number of ether oxygens (including phenoxy) is 1. The van der Waals surface area contributed by atoms with E-state index in [0.29, 0.717) is 6.04 Å². The largest absolute Gasteiger partial charge is 0.497 e. The fourth-order valence-corrected chi connectivity index (χ4v) is 4.74. The number of para-hydroxylation sites is 2. The van der Waals surface area contributed by atoms with Gasteiger partial charge in [-0.1, -0.05) is 37.1 Å². The lowest BCUT2D eigenvalue weighted by Crippen LogP contribution is -2.35. The van der Waals surface area contributed by atoms with Crippen LogP contribution < -0.4 is 15.0 Å². The van der Waals surface area contributed by atoms with Crippen molar-refractivity contribution >= 4 is 17.4 Å². The van der Waals surface area contributed by atoms with Crippen molar-refractivity contribution in [1.82, 2.24) is 4.90 Å². The number of anilines is 2. The van der Waals surface area contributed by atoms with Crippen LogP contribution in [0.5, 0.6) is 5.75 Å². The zero-order valence-electron chi connectivity index (χ0n) is 17.4. The zero-order chi connectivity index (χ0) is 20.2. The number of benzene rings is 2. The van der Waals surface area contributed by atoms with E-state index >= 15 is 0 Å². The van der Waals surface area contributed by atoms with Crippen molar-refractivity contribution in [3.8, 4) is 5.75 Å². The molecule has 1 heterocycles. The van der Waals surface area contributed by atoms with Crippen LogP contribution >= 0.6 is 0 Å². The highest BCUT2D eigenvalue weighted by molar-refractivity contribution is 5.93. The minimum absolute atomic E-state index is 0.0180. The number of nitrogens with one attached hydrogen (secondary N) is 1. The molecule has 2 amide bonds. The van der Waals surface area contributed by atoms with E-state index in [0.717, 1.165) is 42.1 Å². The average Bonchev–Trinajstić information content (AvgIpc) is 3.46. The van der Waals surface area contributed by atoms with Crippen LogP contribution in [0.15, 0.2) is 48.5 Å². The van der Waals surface area contributed by atoms with Gasteiger partial charge in [-0.2, -0.15) is 0 Å². The number of nitrogens with zero attached hydrogens (tertiary/aromatic N) is 2. The maximum absolute atomic E-state index is 13.2. The van der Waals surface area contributed by atoms with Gasteiger partial charge in [0.15, 0.2) is 0 Å². The van der Waals surface area contributed by atoms with Gasteiger partial charge in [0.25, 0.3) is 0 Å². The van der Waals surface area contributed by atoms with E-state index in [9.17, 15) is 4.79 Å². The minimum atomic E-state index is -0.0180. The summed E-state index contributed by atoms with van der Waals surface area (Å²) in [5.41, 5.74) is 3.16. The molecule has 5 heteroatoms. The standard InChI is InChI=1S/C24H31N3O2/c1-26(19-8-3-4-9-19)23-11-6-5-10-21(23)25-24(28)27-17-7-12-22(27)18-13-15-20(29-2)16-14-18/h5-6,10-11,13-16,19,22H,3-4,7-9,12,17H2,1-2H3,(H,25,28). The zero-order valence-corrected chi connectivity index (χ0v) is 17.4. The monoisotopic (exact) mass is 393 g/mol. The molecule has 0 radical (unpaired) electrons. The quantitative estimate of drug-likeness (QED) is 0.735. The number of urea groups is 1. The maximum Gasteiger partial charge on any atom is 0.322 e. The minimum Gasteiger partial charge on any atom is -0.497 e. The molecule has 5 nitrogen and oxygen atoms in total. The van der Waals surface area contributed by atoms with E-state index in [2.05, 4.69) is 35.5 Å². The third-order valence-corrected chi connectivity index (χ3v) is 6.41. The van der Waals surface area contributed by atoms with Crippen molar-refractivity contribution in [3.63, 3.8) is 0 Å². The fraction of sp³-hybridized carbons (Fsp3) is 0.458. The van der Waals surface area contributed by atoms with Crippen LogP contribution in [0.25, 0.3) is 0 Å². The van der Waals surface area contributed by atoms with Crippen LogP contribution in [-0.2, 0) is 0 Å². The number of likely N-dealkylation sites (tertiary alicyclic amines) is 1. The number of carbonyl (C=O) groups excluding carboxylic acids is 1. The number of hydrogen-bond donors (Lipinski definition) is 1. The highest BCUT2D eigenvalue weighted by atomic mass is 16.5. The normalized spacial score (nSPS) is 19.4. The van der Waals surface area contributed by atoms with Gasteiger partial charge in [0.1, 0.15) is 5.75 Å². The van der Waals surface area contributed by atoms with E-state index < -0.39 is 0 Å². The first-order valence-electron chi connectivity index (χ1n) is 10.7. The van der Waals surface area contributed by atoms with Gasteiger partial charge in [0.05, 0.1) is 24.5 Å². The number of rotatable bonds is 5. The van der Waals surface area contributed by atoms with Gasteiger partial charge < -0.3 is 19.9 Å². The second kappa shape index (κ2) is 8.76. The summed E-state index contributed by atoms with van der Waals surface area (Å²) >= 11 is 0. The highest BCUT2D eigenvalue weighted by Gasteiger charge is 2.31. The van der Waals surface area contributed by atoms with Crippen LogP contribution in [0.2, 0.25) is 0 Å². The smallest absolute Gasteiger partial charge is 0.322 e. The second-order valence-electron chi connectivity index (χ2n) is 8.12. The summed E-state index contributed by atoms with van der Waals surface area (Å²) in [7, 11) is 3.82. The van der Waals surface area contributed by atoms with E-state index in [4.69, 9.17) is 4.74 Å². The number of amides is 2. The van der Waals surface area contributed by atoms with Crippen molar-refractivity contribution in [2.45, 2.75) is 50.6 Å². The van der Waals surface area contributed by atoms with Crippen molar-refractivity contribution in [3.05, 3.63) is 54.1 Å². The SMILES string of the molecule is COc1ccc(C2CCCN2C(=O)Nc2ccccc2N(C)C2CCCC2)cc1. The molecule has 154 valence electrons. The first-order valence-corrected chi connectivity index (χ1v) is 10.7. The average molecular weight is 394 g/mol. The lowest BCUT2D eigenvalue weighted by Gasteiger charge is -2.30. The van der Waals surface area contributed by atoms with Crippen molar-refractivity contribution in [1.29, 1.82) is 0 Å². The molecule has 1 aliphatic carbocycles. The molecule has 2 aliphatic rings. The second-order valence-corrected chi connectivity index (χ2v) is 8.12.